The van der Waals surface area contributed by atoms with E-state index in [1.54, 1.807) is 0 Å². The van der Waals surface area contributed by atoms with Gasteiger partial charge in [-0.15, -0.1) is 0 Å². The standard InChI is InChI=1S/C17H28O2/c1-5-14(16(18)19)13-9-8-12-7-6-11(2)17(3,4)15(12)10-13/h11-12,15H,5-10H2,1-4H3,(H,18,19). The van der Waals surface area contributed by atoms with E-state index in [-0.39, 0.29) is 0 Å². The van der Waals surface area contributed by atoms with E-state index in [1.165, 1.54) is 24.8 Å². The predicted octanol–water partition coefficient (Wildman–Crippen LogP) is 4.65. The maximum atomic E-state index is 11.4. The zero-order valence-corrected chi connectivity index (χ0v) is 12.8. The van der Waals surface area contributed by atoms with Gasteiger partial charge in [-0.25, -0.2) is 4.79 Å². The van der Waals surface area contributed by atoms with E-state index in [9.17, 15) is 9.90 Å². The van der Waals surface area contributed by atoms with Crippen LogP contribution in [0.3, 0.4) is 0 Å². The lowest BCUT2D eigenvalue weighted by Crippen LogP contribution is -2.42. The summed E-state index contributed by atoms with van der Waals surface area (Å²) in [5.74, 6) is 1.56. The van der Waals surface area contributed by atoms with Crippen LogP contribution in [0.25, 0.3) is 0 Å². The van der Waals surface area contributed by atoms with Gasteiger partial charge in [-0.05, 0) is 61.7 Å². The fraction of sp³-hybridized carbons (Fsp3) is 0.824. The summed E-state index contributed by atoms with van der Waals surface area (Å²) in [6, 6.07) is 0. The van der Waals surface area contributed by atoms with Crippen LogP contribution in [0.4, 0.5) is 0 Å². The minimum atomic E-state index is -0.697. The third kappa shape index (κ3) is 2.59. The van der Waals surface area contributed by atoms with E-state index >= 15 is 0 Å². The Labute approximate surface area is 117 Å². The first kappa shape index (κ1) is 14.6. The highest BCUT2D eigenvalue weighted by atomic mass is 16.4. The van der Waals surface area contributed by atoms with Gasteiger partial charge < -0.3 is 5.11 Å². The summed E-state index contributed by atoms with van der Waals surface area (Å²) >= 11 is 0. The van der Waals surface area contributed by atoms with E-state index in [1.807, 2.05) is 6.92 Å². The Kier molecular flexibility index (Phi) is 4.08. The lowest BCUT2D eigenvalue weighted by Gasteiger charge is -2.51. The summed E-state index contributed by atoms with van der Waals surface area (Å²) in [6.45, 7) is 9.12. The lowest BCUT2D eigenvalue weighted by molar-refractivity contribution is -0.132. The van der Waals surface area contributed by atoms with Crippen molar-refractivity contribution < 1.29 is 9.90 Å². The van der Waals surface area contributed by atoms with Crippen molar-refractivity contribution in [2.75, 3.05) is 0 Å². The highest BCUT2D eigenvalue weighted by Gasteiger charge is 2.45. The van der Waals surface area contributed by atoms with Crippen molar-refractivity contribution in [3.63, 3.8) is 0 Å². The van der Waals surface area contributed by atoms with Crippen LogP contribution in [0.15, 0.2) is 11.1 Å². The first-order valence-corrected chi connectivity index (χ1v) is 7.82. The molecule has 0 spiro atoms. The molecule has 2 rings (SSSR count). The molecule has 2 fully saturated rings. The van der Waals surface area contributed by atoms with E-state index in [0.717, 1.165) is 24.7 Å². The number of carboxylic acids is 1. The second-order valence-electron chi connectivity index (χ2n) is 7.15. The molecule has 0 saturated heterocycles. The molecule has 0 bridgehead atoms. The topological polar surface area (TPSA) is 37.3 Å². The number of hydrogen-bond acceptors (Lipinski definition) is 1. The molecular formula is C17H28O2. The summed E-state index contributed by atoms with van der Waals surface area (Å²) in [5.41, 5.74) is 2.28. The van der Waals surface area contributed by atoms with Crippen LogP contribution in [0.2, 0.25) is 0 Å². The Morgan fingerprint density at radius 3 is 2.58 bits per heavy atom. The van der Waals surface area contributed by atoms with Gasteiger partial charge in [0.05, 0.1) is 0 Å². The van der Waals surface area contributed by atoms with Crippen molar-refractivity contribution in [3.8, 4) is 0 Å². The summed E-state index contributed by atoms with van der Waals surface area (Å²) < 4.78 is 0. The van der Waals surface area contributed by atoms with Gasteiger partial charge in [0, 0.05) is 5.57 Å². The molecule has 2 heteroatoms. The molecule has 19 heavy (non-hydrogen) atoms. The van der Waals surface area contributed by atoms with Crippen molar-refractivity contribution >= 4 is 5.97 Å². The second kappa shape index (κ2) is 5.30. The minimum absolute atomic E-state index is 0.353. The number of aliphatic carboxylic acids is 1. The fourth-order valence-corrected chi connectivity index (χ4v) is 4.34. The van der Waals surface area contributed by atoms with Crippen LogP contribution in [-0.2, 0) is 4.79 Å². The number of rotatable bonds is 2. The first-order chi connectivity index (χ1) is 8.87. The quantitative estimate of drug-likeness (QED) is 0.737. The summed E-state index contributed by atoms with van der Waals surface area (Å²) in [6.07, 6.45) is 6.59. The first-order valence-electron chi connectivity index (χ1n) is 7.82. The Hall–Kier alpha value is -0.790. The molecule has 2 aliphatic rings. The Balaban J connectivity index is 2.27. The van der Waals surface area contributed by atoms with Gasteiger partial charge in [0.2, 0.25) is 0 Å². The normalized spacial score (nSPS) is 36.5. The van der Waals surface area contributed by atoms with Crippen LogP contribution < -0.4 is 0 Å². The van der Waals surface area contributed by atoms with Crippen molar-refractivity contribution in [1.29, 1.82) is 0 Å². The lowest BCUT2D eigenvalue weighted by atomic mass is 9.54. The highest BCUT2D eigenvalue weighted by molar-refractivity contribution is 5.87. The second-order valence-corrected chi connectivity index (χ2v) is 7.15. The molecule has 1 N–H and O–H groups in total. The molecule has 0 aromatic carbocycles. The van der Waals surface area contributed by atoms with Gasteiger partial charge in [0.1, 0.15) is 0 Å². The maximum Gasteiger partial charge on any atom is 0.331 e. The van der Waals surface area contributed by atoms with Crippen molar-refractivity contribution in [3.05, 3.63) is 11.1 Å². The Morgan fingerprint density at radius 1 is 1.32 bits per heavy atom. The molecule has 0 radical (unpaired) electrons. The minimum Gasteiger partial charge on any atom is -0.478 e. The molecule has 2 saturated carbocycles. The molecule has 0 amide bonds. The average molecular weight is 264 g/mol. The summed E-state index contributed by atoms with van der Waals surface area (Å²) in [7, 11) is 0. The van der Waals surface area contributed by atoms with Crippen LogP contribution >= 0.6 is 0 Å². The number of fused-ring (bicyclic) bond motifs is 1. The smallest absolute Gasteiger partial charge is 0.331 e. The van der Waals surface area contributed by atoms with E-state index in [4.69, 9.17) is 0 Å². The SMILES string of the molecule is CCC(C(=O)O)=C1CCC2CCC(C)C(C)(C)C2C1. The monoisotopic (exact) mass is 264 g/mol. The van der Waals surface area contributed by atoms with Gasteiger partial charge in [-0.1, -0.05) is 33.3 Å². The highest BCUT2D eigenvalue weighted by Crippen LogP contribution is 2.54. The van der Waals surface area contributed by atoms with Gasteiger partial charge >= 0.3 is 5.97 Å². The van der Waals surface area contributed by atoms with Crippen LogP contribution in [0.1, 0.15) is 66.2 Å². The molecule has 0 aromatic rings. The Bertz CT molecular complexity index is 392. The van der Waals surface area contributed by atoms with Gasteiger partial charge in [0.15, 0.2) is 0 Å². The zero-order valence-electron chi connectivity index (χ0n) is 12.8. The molecule has 108 valence electrons. The van der Waals surface area contributed by atoms with Crippen molar-refractivity contribution in [1.82, 2.24) is 0 Å². The predicted molar refractivity (Wildman–Crippen MR) is 78.0 cm³/mol. The number of hydrogen-bond donors (Lipinski definition) is 1. The number of carboxylic acid groups (broad SMARTS) is 1. The van der Waals surface area contributed by atoms with Crippen LogP contribution in [0, 0.1) is 23.2 Å². The number of carbonyl (C=O) groups is 1. The molecule has 3 unspecified atom stereocenters. The van der Waals surface area contributed by atoms with Gasteiger partial charge in [-0.2, -0.15) is 0 Å². The molecule has 0 aromatic heterocycles. The van der Waals surface area contributed by atoms with Crippen molar-refractivity contribution in [2.24, 2.45) is 23.2 Å². The molecule has 0 heterocycles. The molecular weight excluding hydrogens is 236 g/mol. The fourth-order valence-electron chi connectivity index (χ4n) is 4.34. The largest absolute Gasteiger partial charge is 0.478 e. The molecule has 2 aliphatic carbocycles. The van der Waals surface area contributed by atoms with E-state index in [2.05, 4.69) is 20.8 Å². The number of allylic oxidation sites excluding steroid dienone is 1. The maximum absolute atomic E-state index is 11.4. The molecule has 2 nitrogen and oxygen atoms in total. The zero-order chi connectivity index (χ0) is 14.2. The van der Waals surface area contributed by atoms with Gasteiger partial charge in [0.25, 0.3) is 0 Å². The van der Waals surface area contributed by atoms with E-state index < -0.39 is 5.97 Å². The van der Waals surface area contributed by atoms with Gasteiger partial charge in [-0.3, -0.25) is 0 Å². The van der Waals surface area contributed by atoms with E-state index in [0.29, 0.717) is 23.3 Å². The average Bonchev–Trinajstić information content (AvgIpc) is 2.35. The van der Waals surface area contributed by atoms with Crippen LogP contribution in [0.5, 0.6) is 0 Å². The summed E-state index contributed by atoms with van der Waals surface area (Å²) in [4.78, 5) is 11.4. The Morgan fingerprint density at radius 2 is 2.00 bits per heavy atom. The third-order valence-electron chi connectivity index (χ3n) is 6.09. The molecule has 3 atom stereocenters. The third-order valence-corrected chi connectivity index (χ3v) is 6.09. The molecule has 0 aliphatic heterocycles. The van der Waals surface area contributed by atoms with Crippen LogP contribution in [-0.4, -0.2) is 11.1 Å². The van der Waals surface area contributed by atoms with Crippen molar-refractivity contribution in [2.45, 2.75) is 66.2 Å². The summed E-state index contributed by atoms with van der Waals surface area (Å²) in [5, 5.41) is 9.35.